The molecular weight excluding hydrogens is 562 g/mol. The first-order chi connectivity index (χ1) is 21.5. The van der Waals surface area contributed by atoms with E-state index in [9.17, 15) is 9.59 Å². The molecular formula is C33H33N5O6. The largest absolute Gasteiger partial charge is 0.497 e. The van der Waals surface area contributed by atoms with E-state index in [2.05, 4.69) is 15.6 Å². The van der Waals surface area contributed by atoms with Crippen LogP contribution in [0.1, 0.15) is 17.2 Å². The molecule has 11 heteroatoms. The number of carbonyl (C=O) groups is 2. The highest BCUT2D eigenvalue weighted by Crippen LogP contribution is 2.42. The van der Waals surface area contributed by atoms with Crippen molar-refractivity contribution >= 4 is 28.5 Å². The number of para-hydroxylation sites is 1. The topological polar surface area (TPSA) is 117 Å². The molecule has 1 atom stereocenters. The van der Waals surface area contributed by atoms with Crippen LogP contribution in [0.5, 0.6) is 23.0 Å². The van der Waals surface area contributed by atoms with E-state index < -0.39 is 17.9 Å². The van der Waals surface area contributed by atoms with Crippen molar-refractivity contribution in [2.45, 2.75) is 19.1 Å². The van der Waals surface area contributed by atoms with Crippen LogP contribution < -0.4 is 29.2 Å². The van der Waals surface area contributed by atoms with Gasteiger partial charge < -0.3 is 24.3 Å². The summed E-state index contributed by atoms with van der Waals surface area (Å²) in [4.78, 5) is 30.1. The lowest BCUT2D eigenvalue weighted by atomic mass is 10.0. The van der Waals surface area contributed by atoms with Crippen LogP contribution in [0.3, 0.4) is 0 Å². The van der Waals surface area contributed by atoms with Crippen molar-refractivity contribution < 1.29 is 28.5 Å². The molecule has 1 aromatic heterocycles. The fourth-order valence-electron chi connectivity index (χ4n) is 4.98. The Bertz CT molecular complexity index is 1710. The molecule has 0 saturated heterocycles. The number of amides is 2. The summed E-state index contributed by atoms with van der Waals surface area (Å²) in [6.45, 7) is 0.0678. The molecule has 4 aromatic carbocycles. The van der Waals surface area contributed by atoms with E-state index in [4.69, 9.17) is 18.9 Å². The second-order valence-electron chi connectivity index (χ2n) is 9.76. The third kappa shape index (κ3) is 6.26. The molecule has 44 heavy (non-hydrogen) atoms. The Balaban J connectivity index is 1.64. The predicted octanol–water partition coefficient (Wildman–Crippen LogP) is 4.56. The van der Waals surface area contributed by atoms with Gasteiger partial charge in [0, 0.05) is 12.2 Å². The Labute approximate surface area is 254 Å². The van der Waals surface area contributed by atoms with Gasteiger partial charge in [0.25, 0.3) is 0 Å². The maximum Gasteiger partial charge on any atom is 0.249 e. The van der Waals surface area contributed by atoms with E-state index in [1.165, 1.54) is 30.9 Å². The van der Waals surface area contributed by atoms with Gasteiger partial charge in [-0.2, -0.15) is 0 Å². The first-order valence-corrected chi connectivity index (χ1v) is 13.8. The Morgan fingerprint density at radius 3 is 2.11 bits per heavy atom. The molecule has 2 amide bonds. The second-order valence-corrected chi connectivity index (χ2v) is 9.76. The molecule has 1 unspecified atom stereocenters. The lowest BCUT2D eigenvalue weighted by Crippen LogP contribution is -2.45. The van der Waals surface area contributed by atoms with Crippen LogP contribution >= 0.6 is 0 Å². The molecule has 0 aliphatic rings. The van der Waals surface area contributed by atoms with Crippen molar-refractivity contribution in [1.82, 2.24) is 20.3 Å². The molecule has 0 spiro atoms. The lowest BCUT2D eigenvalue weighted by Gasteiger charge is -2.32. The summed E-state index contributed by atoms with van der Waals surface area (Å²) < 4.78 is 23.6. The minimum atomic E-state index is -1.15. The number of nitrogens with one attached hydrogen (secondary N) is 1. The van der Waals surface area contributed by atoms with Crippen molar-refractivity contribution in [1.29, 1.82) is 0 Å². The van der Waals surface area contributed by atoms with E-state index in [1.54, 1.807) is 43.5 Å². The molecule has 11 nitrogen and oxygen atoms in total. The van der Waals surface area contributed by atoms with Gasteiger partial charge >= 0.3 is 0 Å². The highest BCUT2D eigenvalue weighted by Gasteiger charge is 2.35. The number of carbonyl (C=O) groups excluding carboxylic acids is 2. The summed E-state index contributed by atoms with van der Waals surface area (Å²) >= 11 is 0. The molecule has 0 aliphatic carbocycles. The zero-order valence-corrected chi connectivity index (χ0v) is 24.9. The van der Waals surface area contributed by atoms with Crippen LogP contribution in [0.2, 0.25) is 0 Å². The molecule has 0 aliphatic heterocycles. The zero-order chi connectivity index (χ0) is 31.1. The summed E-state index contributed by atoms with van der Waals surface area (Å²) in [5.41, 5.74) is 3.15. The first kappa shape index (κ1) is 29.9. The maximum absolute atomic E-state index is 14.4. The first-order valence-electron chi connectivity index (χ1n) is 13.8. The van der Waals surface area contributed by atoms with Gasteiger partial charge in [0.1, 0.15) is 23.9 Å². The number of benzene rings is 4. The predicted molar refractivity (Wildman–Crippen MR) is 165 cm³/mol. The third-order valence-electron chi connectivity index (χ3n) is 7.14. The van der Waals surface area contributed by atoms with Crippen molar-refractivity contribution in [3.8, 4) is 23.0 Å². The lowest BCUT2D eigenvalue weighted by molar-refractivity contribution is -0.127. The minimum Gasteiger partial charge on any atom is -0.497 e. The molecule has 5 rings (SSSR count). The van der Waals surface area contributed by atoms with Gasteiger partial charge in [-0.25, -0.2) is 4.68 Å². The van der Waals surface area contributed by atoms with Gasteiger partial charge in [-0.3, -0.25) is 14.5 Å². The average molecular weight is 596 g/mol. The highest BCUT2D eigenvalue weighted by molar-refractivity contribution is 6.01. The summed E-state index contributed by atoms with van der Waals surface area (Å²) in [6.07, 6.45) is 0. The molecule has 0 fully saturated rings. The normalized spacial score (nSPS) is 11.5. The summed E-state index contributed by atoms with van der Waals surface area (Å²) in [5.74, 6) is 0.814. The average Bonchev–Trinajstić information content (AvgIpc) is 3.48. The van der Waals surface area contributed by atoms with Gasteiger partial charge in [0.05, 0.1) is 34.0 Å². The number of rotatable bonds is 12. The summed E-state index contributed by atoms with van der Waals surface area (Å²) in [6, 6.07) is 26.0. The van der Waals surface area contributed by atoms with E-state index in [-0.39, 0.29) is 13.1 Å². The van der Waals surface area contributed by atoms with E-state index in [0.29, 0.717) is 45.3 Å². The molecule has 0 saturated carbocycles. The quantitative estimate of drug-likeness (QED) is 0.223. The summed E-state index contributed by atoms with van der Waals surface area (Å²) in [7, 11) is 6.05. The van der Waals surface area contributed by atoms with Crippen molar-refractivity contribution in [3.63, 3.8) is 0 Å². The monoisotopic (exact) mass is 595 g/mol. The second kappa shape index (κ2) is 13.6. The summed E-state index contributed by atoms with van der Waals surface area (Å²) in [5, 5.41) is 11.4. The Kier molecular flexibility index (Phi) is 9.24. The van der Waals surface area contributed by atoms with Crippen LogP contribution in [0.25, 0.3) is 11.0 Å². The van der Waals surface area contributed by atoms with Gasteiger partial charge in [0.2, 0.25) is 17.6 Å². The third-order valence-corrected chi connectivity index (χ3v) is 7.14. The minimum absolute atomic E-state index is 0.181. The van der Waals surface area contributed by atoms with Gasteiger partial charge in [-0.05, 0) is 59.7 Å². The molecule has 226 valence electrons. The smallest absolute Gasteiger partial charge is 0.249 e. The van der Waals surface area contributed by atoms with Gasteiger partial charge in [-0.1, -0.05) is 47.7 Å². The number of hydrogen-bond donors (Lipinski definition) is 1. The van der Waals surface area contributed by atoms with Crippen LogP contribution in [0.15, 0.2) is 91.0 Å². The Hall–Kier alpha value is -5.58. The van der Waals surface area contributed by atoms with E-state index >= 15 is 0 Å². The van der Waals surface area contributed by atoms with Crippen LogP contribution in [0.4, 0.5) is 5.69 Å². The van der Waals surface area contributed by atoms with Crippen molar-refractivity contribution in [3.05, 3.63) is 102 Å². The van der Waals surface area contributed by atoms with Crippen molar-refractivity contribution in [2.75, 3.05) is 33.3 Å². The number of nitrogens with zero attached hydrogens (tertiary/aromatic N) is 4. The highest BCUT2D eigenvalue weighted by atomic mass is 16.5. The Morgan fingerprint density at radius 1 is 0.818 bits per heavy atom. The van der Waals surface area contributed by atoms with Crippen LogP contribution in [0, 0.1) is 0 Å². The number of ether oxygens (including phenoxy) is 4. The fourth-order valence-corrected chi connectivity index (χ4v) is 4.98. The Morgan fingerprint density at radius 2 is 1.48 bits per heavy atom. The van der Waals surface area contributed by atoms with E-state index in [1.807, 2.05) is 54.6 Å². The SMILES string of the molecule is COc1ccc(N(C(=O)Cn2nnc3ccccc32)C(C(=O)NCc2ccccc2)c2cc(OC)c(OC)c(OC)c2)cc1. The molecule has 0 bridgehead atoms. The standard InChI is InChI=1S/C33H33N5O6/c1-41-25-16-14-24(15-17-25)38(30(39)21-37-27-13-9-8-12-26(27)35-36-37)31(33(40)34-20-22-10-6-5-7-11-22)23-18-28(42-2)32(44-4)29(19-23)43-3/h5-19,31H,20-21H2,1-4H3,(H,34,40). The fraction of sp³-hybridized carbons (Fsp3) is 0.212. The molecule has 1 N–H and O–H groups in total. The molecule has 0 radical (unpaired) electrons. The van der Waals surface area contributed by atoms with Gasteiger partial charge in [0.15, 0.2) is 11.5 Å². The maximum atomic E-state index is 14.4. The number of aromatic nitrogens is 3. The van der Waals surface area contributed by atoms with E-state index in [0.717, 1.165) is 5.56 Å². The molecule has 1 heterocycles. The van der Waals surface area contributed by atoms with Crippen LogP contribution in [-0.2, 0) is 22.7 Å². The number of fused-ring (bicyclic) bond motifs is 1. The number of hydrogen-bond acceptors (Lipinski definition) is 8. The zero-order valence-electron chi connectivity index (χ0n) is 24.9. The molecule has 5 aromatic rings. The van der Waals surface area contributed by atoms with Crippen molar-refractivity contribution in [2.24, 2.45) is 0 Å². The van der Waals surface area contributed by atoms with Gasteiger partial charge in [-0.15, -0.1) is 5.10 Å². The number of anilines is 1. The van der Waals surface area contributed by atoms with Crippen LogP contribution in [-0.4, -0.2) is 55.2 Å². The number of methoxy groups -OCH3 is 4.